The molecule has 2 heteroatoms. The van der Waals surface area contributed by atoms with E-state index >= 15 is 0 Å². The van der Waals surface area contributed by atoms with Gasteiger partial charge in [-0.2, -0.15) is 0 Å². The average molecular weight is 353 g/mol. The minimum Gasteiger partial charge on any atom is -0.354 e. The van der Waals surface area contributed by atoms with Crippen LogP contribution >= 0.6 is 0 Å². The zero-order valence-electron chi connectivity index (χ0n) is 15.9. The van der Waals surface area contributed by atoms with Crippen molar-refractivity contribution in [1.82, 2.24) is 4.98 Å². The van der Waals surface area contributed by atoms with Crippen LogP contribution in [0.25, 0.3) is 33.3 Å². The largest absolute Gasteiger partial charge is 0.354 e. The van der Waals surface area contributed by atoms with Gasteiger partial charge >= 0.3 is 0 Å². The Morgan fingerprint density at radius 1 is 0.778 bits per heavy atom. The minimum absolute atomic E-state index is 0.108. The maximum Gasteiger partial charge on any atom is 0.152 e. The molecule has 0 aliphatic carbocycles. The van der Waals surface area contributed by atoms with Gasteiger partial charge in [-0.15, -0.1) is 0 Å². The van der Waals surface area contributed by atoms with Gasteiger partial charge in [-0.1, -0.05) is 81.4 Å². The van der Waals surface area contributed by atoms with Crippen LogP contribution in [0.3, 0.4) is 0 Å². The highest BCUT2D eigenvalue weighted by Gasteiger charge is 2.16. The van der Waals surface area contributed by atoms with Crippen molar-refractivity contribution in [3.8, 4) is 22.4 Å². The number of rotatable bonds is 3. The summed E-state index contributed by atoms with van der Waals surface area (Å²) in [6.45, 7) is 6.60. The fraction of sp³-hybridized carbons (Fsp3) is 0.160. The van der Waals surface area contributed by atoms with Crippen LogP contribution in [0.2, 0.25) is 0 Å². The summed E-state index contributed by atoms with van der Waals surface area (Å²) < 4.78 is 0. The predicted molar refractivity (Wildman–Crippen MR) is 113 cm³/mol. The number of H-pyrrole nitrogens is 1. The number of aldehydes is 1. The zero-order chi connectivity index (χ0) is 19.0. The molecular weight excluding hydrogens is 330 g/mol. The first-order valence-electron chi connectivity index (χ1n) is 9.24. The van der Waals surface area contributed by atoms with Gasteiger partial charge in [0.2, 0.25) is 0 Å². The van der Waals surface area contributed by atoms with Crippen LogP contribution in [-0.2, 0) is 5.41 Å². The van der Waals surface area contributed by atoms with E-state index in [0.29, 0.717) is 5.56 Å². The number of carbonyl (C=O) groups is 1. The molecule has 0 aliphatic heterocycles. The lowest BCUT2D eigenvalue weighted by Gasteiger charge is -2.19. The van der Waals surface area contributed by atoms with Gasteiger partial charge in [0, 0.05) is 16.5 Å². The lowest BCUT2D eigenvalue weighted by Crippen LogP contribution is -2.10. The van der Waals surface area contributed by atoms with Crippen molar-refractivity contribution in [2.24, 2.45) is 0 Å². The van der Waals surface area contributed by atoms with Gasteiger partial charge in [-0.25, -0.2) is 0 Å². The second-order valence-corrected chi connectivity index (χ2v) is 7.99. The van der Waals surface area contributed by atoms with Gasteiger partial charge < -0.3 is 4.98 Å². The highest BCUT2D eigenvalue weighted by atomic mass is 16.1. The van der Waals surface area contributed by atoms with Crippen molar-refractivity contribution < 1.29 is 4.79 Å². The maximum absolute atomic E-state index is 11.9. The van der Waals surface area contributed by atoms with Crippen LogP contribution in [-0.4, -0.2) is 11.3 Å². The number of carbonyl (C=O) groups excluding carboxylic acids is 1. The predicted octanol–water partition coefficient (Wildman–Crippen LogP) is 6.61. The molecule has 0 saturated heterocycles. The van der Waals surface area contributed by atoms with E-state index in [1.54, 1.807) is 0 Å². The highest BCUT2D eigenvalue weighted by Crippen LogP contribution is 2.33. The van der Waals surface area contributed by atoms with Crippen molar-refractivity contribution in [3.63, 3.8) is 0 Å². The minimum atomic E-state index is 0.108. The Morgan fingerprint density at radius 3 is 2.07 bits per heavy atom. The Hall–Kier alpha value is -3.13. The molecule has 0 saturated carbocycles. The summed E-state index contributed by atoms with van der Waals surface area (Å²) in [5.74, 6) is 0. The van der Waals surface area contributed by atoms with E-state index < -0.39 is 0 Å². The third-order valence-corrected chi connectivity index (χ3v) is 5.10. The third kappa shape index (κ3) is 3.19. The standard InChI is InChI=1S/C25H23NO/c1-25(2,3)20-12-9-18(10-13-20)24-22(16-27)21-15-19(11-14-23(21)26-24)17-7-5-4-6-8-17/h4-16,26H,1-3H3. The van der Waals surface area contributed by atoms with E-state index in [1.165, 1.54) is 5.56 Å². The fourth-order valence-corrected chi connectivity index (χ4v) is 3.51. The molecule has 1 aromatic heterocycles. The van der Waals surface area contributed by atoms with Gasteiger partial charge in [0.25, 0.3) is 0 Å². The van der Waals surface area contributed by atoms with Gasteiger partial charge in [0.05, 0.1) is 5.69 Å². The number of aromatic amines is 1. The van der Waals surface area contributed by atoms with Gasteiger partial charge in [-0.05, 0) is 39.8 Å². The van der Waals surface area contributed by atoms with E-state index in [4.69, 9.17) is 0 Å². The normalized spacial score (nSPS) is 11.7. The molecule has 2 nitrogen and oxygen atoms in total. The second-order valence-electron chi connectivity index (χ2n) is 7.99. The number of aromatic nitrogens is 1. The first-order valence-corrected chi connectivity index (χ1v) is 9.24. The number of nitrogens with one attached hydrogen (secondary N) is 1. The van der Waals surface area contributed by atoms with E-state index in [1.807, 2.05) is 18.2 Å². The molecule has 0 radical (unpaired) electrons. The molecule has 0 amide bonds. The molecule has 27 heavy (non-hydrogen) atoms. The number of benzene rings is 3. The van der Waals surface area contributed by atoms with Crippen LogP contribution < -0.4 is 0 Å². The quantitative estimate of drug-likeness (QED) is 0.413. The third-order valence-electron chi connectivity index (χ3n) is 5.10. The average Bonchev–Trinajstić information content (AvgIpc) is 3.06. The van der Waals surface area contributed by atoms with Crippen LogP contribution in [0.1, 0.15) is 36.7 Å². The van der Waals surface area contributed by atoms with Crippen LogP contribution in [0.5, 0.6) is 0 Å². The molecule has 0 spiro atoms. The zero-order valence-corrected chi connectivity index (χ0v) is 15.9. The molecule has 0 bridgehead atoms. The number of hydrogen-bond donors (Lipinski definition) is 1. The lowest BCUT2D eigenvalue weighted by molar-refractivity contribution is 0.112. The van der Waals surface area contributed by atoms with Crippen molar-refractivity contribution in [2.45, 2.75) is 26.2 Å². The Kier molecular flexibility index (Phi) is 4.19. The van der Waals surface area contributed by atoms with E-state index in [2.05, 4.69) is 80.4 Å². The van der Waals surface area contributed by atoms with E-state index in [0.717, 1.165) is 39.6 Å². The van der Waals surface area contributed by atoms with Gasteiger partial charge in [0.1, 0.15) is 0 Å². The molecule has 1 N–H and O–H groups in total. The Balaban J connectivity index is 1.83. The highest BCUT2D eigenvalue weighted by molar-refractivity contribution is 6.05. The van der Waals surface area contributed by atoms with Crippen LogP contribution in [0.4, 0.5) is 0 Å². The molecule has 4 aromatic rings. The molecule has 0 fully saturated rings. The number of hydrogen-bond acceptors (Lipinski definition) is 1. The second kappa shape index (κ2) is 6.55. The summed E-state index contributed by atoms with van der Waals surface area (Å²) >= 11 is 0. The molecule has 0 aliphatic rings. The van der Waals surface area contributed by atoms with Crippen LogP contribution in [0.15, 0.2) is 72.8 Å². The van der Waals surface area contributed by atoms with Crippen molar-refractivity contribution in [2.75, 3.05) is 0 Å². The molecule has 3 aromatic carbocycles. The van der Waals surface area contributed by atoms with E-state index in [9.17, 15) is 4.79 Å². The summed E-state index contributed by atoms with van der Waals surface area (Å²) in [6, 6.07) is 24.9. The summed E-state index contributed by atoms with van der Waals surface area (Å²) in [7, 11) is 0. The molecular formula is C25H23NO. The van der Waals surface area contributed by atoms with Gasteiger partial charge in [0.15, 0.2) is 6.29 Å². The molecule has 0 unspecified atom stereocenters. The first-order chi connectivity index (χ1) is 13.0. The summed E-state index contributed by atoms with van der Waals surface area (Å²) in [5.41, 5.74) is 7.25. The topological polar surface area (TPSA) is 32.9 Å². The maximum atomic E-state index is 11.9. The Morgan fingerprint density at radius 2 is 1.44 bits per heavy atom. The molecule has 134 valence electrons. The Bertz CT molecular complexity index is 1100. The first kappa shape index (κ1) is 17.3. The fourth-order valence-electron chi connectivity index (χ4n) is 3.51. The van der Waals surface area contributed by atoms with Crippen molar-refractivity contribution in [3.05, 3.63) is 83.9 Å². The van der Waals surface area contributed by atoms with Crippen molar-refractivity contribution in [1.29, 1.82) is 0 Å². The summed E-state index contributed by atoms with van der Waals surface area (Å²) in [4.78, 5) is 15.4. The summed E-state index contributed by atoms with van der Waals surface area (Å²) in [5, 5.41) is 0.959. The summed E-state index contributed by atoms with van der Waals surface area (Å²) in [6.07, 6.45) is 0.959. The molecule has 0 atom stereocenters. The smallest absolute Gasteiger partial charge is 0.152 e. The number of fused-ring (bicyclic) bond motifs is 1. The van der Waals surface area contributed by atoms with E-state index in [-0.39, 0.29) is 5.41 Å². The van der Waals surface area contributed by atoms with Crippen molar-refractivity contribution >= 4 is 17.2 Å². The molecule has 4 rings (SSSR count). The molecule has 1 heterocycles. The monoisotopic (exact) mass is 353 g/mol. The lowest BCUT2D eigenvalue weighted by atomic mass is 9.86. The SMILES string of the molecule is CC(C)(C)c1ccc(-c2[nH]c3ccc(-c4ccccc4)cc3c2C=O)cc1. The van der Waals surface area contributed by atoms with Crippen LogP contribution in [0, 0.1) is 0 Å². The van der Waals surface area contributed by atoms with Gasteiger partial charge in [-0.3, -0.25) is 4.79 Å². The Labute approximate surface area is 159 Å².